The Morgan fingerprint density at radius 3 is 2.74 bits per heavy atom. The van der Waals surface area contributed by atoms with Gasteiger partial charge in [0, 0.05) is 12.4 Å². The Kier molecular flexibility index (Phi) is 2.74. The first-order valence-electron chi connectivity index (χ1n) is 6.42. The summed E-state index contributed by atoms with van der Waals surface area (Å²) >= 11 is 0. The number of aromatic nitrogens is 4. The van der Waals surface area contributed by atoms with Crippen LogP contribution in [0.15, 0.2) is 30.3 Å². The third-order valence-corrected chi connectivity index (χ3v) is 3.39. The number of hydrogen-bond donors (Lipinski definition) is 1. The maximum absolute atomic E-state index is 5.95. The summed E-state index contributed by atoms with van der Waals surface area (Å²) in [4.78, 5) is 0. The van der Waals surface area contributed by atoms with Gasteiger partial charge in [0.1, 0.15) is 0 Å². The molecule has 0 spiro atoms. The molecule has 0 radical (unpaired) electrons. The lowest BCUT2D eigenvalue weighted by molar-refractivity contribution is 0.632. The number of anilines is 1. The van der Waals surface area contributed by atoms with E-state index in [1.54, 1.807) is 0 Å². The summed E-state index contributed by atoms with van der Waals surface area (Å²) in [6.07, 6.45) is 0.940. The van der Waals surface area contributed by atoms with E-state index in [-0.39, 0.29) is 0 Å². The Balaban J connectivity index is 2.03. The molecule has 2 aromatic heterocycles. The summed E-state index contributed by atoms with van der Waals surface area (Å²) < 4.78 is 3.84. The van der Waals surface area contributed by atoms with E-state index in [9.17, 15) is 0 Å². The van der Waals surface area contributed by atoms with E-state index in [0.717, 1.165) is 28.7 Å². The standard InChI is InChI=1S/C14H17N5/c1-3-10-8-11(18(2)16-10)9-19-13-7-5-4-6-12(13)14(15)17-19/h4-8H,3,9H2,1-2H3,(H2,15,17). The summed E-state index contributed by atoms with van der Waals surface area (Å²) in [5.41, 5.74) is 9.23. The number of nitrogen functional groups attached to an aromatic ring is 1. The van der Waals surface area contributed by atoms with Gasteiger partial charge in [-0.05, 0) is 24.6 Å². The van der Waals surface area contributed by atoms with Crippen molar-refractivity contribution >= 4 is 16.7 Å². The molecule has 1 aromatic carbocycles. The Hall–Kier alpha value is -2.30. The molecule has 2 heterocycles. The zero-order valence-corrected chi connectivity index (χ0v) is 11.2. The normalized spacial score (nSPS) is 11.3. The van der Waals surface area contributed by atoms with Crippen LogP contribution in [0, 0.1) is 0 Å². The number of nitrogens with two attached hydrogens (primary N) is 1. The van der Waals surface area contributed by atoms with E-state index in [1.165, 1.54) is 0 Å². The highest BCUT2D eigenvalue weighted by Gasteiger charge is 2.10. The molecule has 19 heavy (non-hydrogen) atoms. The molecule has 2 N–H and O–H groups in total. The van der Waals surface area contributed by atoms with Crippen LogP contribution >= 0.6 is 0 Å². The molecule has 0 saturated carbocycles. The first-order chi connectivity index (χ1) is 9.19. The van der Waals surface area contributed by atoms with Gasteiger partial charge in [-0.2, -0.15) is 10.2 Å². The number of benzene rings is 1. The lowest BCUT2D eigenvalue weighted by Gasteiger charge is -2.03. The molecule has 0 fully saturated rings. The van der Waals surface area contributed by atoms with Crippen molar-refractivity contribution in [2.45, 2.75) is 19.9 Å². The Morgan fingerprint density at radius 1 is 1.21 bits per heavy atom. The number of rotatable bonds is 3. The quantitative estimate of drug-likeness (QED) is 0.778. The van der Waals surface area contributed by atoms with Crippen LogP contribution in [0.1, 0.15) is 18.3 Å². The first kappa shape index (κ1) is 11.8. The second-order valence-corrected chi connectivity index (χ2v) is 4.66. The third-order valence-electron chi connectivity index (χ3n) is 3.39. The fourth-order valence-electron chi connectivity index (χ4n) is 2.32. The molecule has 98 valence electrons. The predicted molar refractivity (Wildman–Crippen MR) is 75.8 cm³/mol. The lowest BCUT2D eigenvalue weighted by Crippen LogP contribution is -2.07. The van der Waals surface area contributed by atoms with Crippen LogP contribution in [0.25, 0.3) is 10.9 Å². The minimum atomic E-state index is 0.577. The summed E-state index contributed by atoms with van der Waals surface area (Å²) in [5.74, 6) is 0.577. The molecule has 0 bridgehead atoms. The van der Waals surface area contributed by atoms with Gasteiger partial charge in [0.2, 0.25) is 0 Å². The van der Waals surface area contributed by atoms with Crippen molar-refractivity contribution in [3.63, 3.8) is 0 Å². The van der Waals surface area contributed by atoms with Crippen LogP contribution in [-0.4, -0.2) is 19.6 Å². The van der Waals surface area contributed by atoms with Crippen LogP contribution in [0.3, 0.4) is 0 Å². The second kappa shape index (κ2) is 4.42. The highest BCUT2D eigenvalue weighted by atomic mass is 15.3. The number of nitrogens with zero attached hydrogens (tertiary/aromatic N) is 4. The lowest BCUT2D eigenvalue weighted by atomic mass is 10.2. The van der Waals surface area contributed by atoms with Crippen molar-refractivity contribution in [1.29, 1.82) is 0 Å². The average molecular weight is 255 g/mol. The number of para-hydroxylation sites is 1. The van der Waals surface area contributed by atoms with Gasteiger partial charge in [-0.3, -0.25) is 9.36 Å². The zero-order chi connectivity index (χ0) is 13.4. The average Bonchev–Trinajstić information content (AvgIpc) is 2.93. The molecule has 5 nitrogen and oxygen atoms in total. The molecule has 0 aliphatic carbocycles. The molecule has 3 aromatic rings. The molecular formula is C14H17N5. The topological polar surface area (TPSA) is 61.7 Å². The van der Waals surface area contributed by atoms with Crippen molar-refractivity contribution < 1.29 is 0 Å². The van der Waals surface area contributed by atoms with Crippen LogP contribution in [0.5, 0.6) is 0 Å². The number of fused-ring (bicyclic) bond motifs is 1. The monoisotopic (exact) mass is 255 g/mol. The largest absolute Gasteiger partial charge is 0.382 e. The van der Waals surface area contributed by atoms with Crippen molar-refractivity contribution in [3.8, 4) is 0 Å². The summed E-state index contributed by atoms with van der Waals surface area (Å²) in [6.45, 7) is 2.79. The van der Waals surface area contributed by atoms with E-state index >= 15 is 0 Å². The molecule has 3 rings (SSSR count). The van der Waals surface area contributed by atoms with Gasteiger partial charge in [0.15, 0.2) is 5.82 Å². The van der Waals surface area contributed by atoms with Crippen molar-refractivity contribution in [2.75, 3.05) is 5.73 Å². The maximum Gasteiger partial charge on any atom is 0.153 e. The van der Waals surface area contributed by atoms with Crippen LogP contribution in [0.2, 0.25) is 0 Å². The van der Waals surface area contributed by atoms with Gasteiger partial charge in [0.05, 0.1) is 23.4 Å². The zero-order valence-electron chi connectivity index (χ0n) is 11.2. The van der Waals surface area contributed by atoms with Gasteiger partial charge >= 0.3 is 0 Å². The molecule has 0 unspecified atom stereocenters. The number of hydrogen-bond acceptors (Lipinski definition) is 3. The maximum atomic E-state index is 5.95. The summed E-state index contributed by atoms with van der Waals surface area (Å²) in [7, 11) is 1.96. The molecule has 5 heteroatoms. The van der Waals surface area contributed by atoms with Crippen LogP contribution in [0.4, 0.5) is 5.82 Å². The molecule has 0 amide bonds. The third kappa shape index (κ3) is 1.97. The fraction of sp³-hybridized carbons (Fsp3) is 0.286. The SMILES string of the molecule is CCc1cc(Cn2nc(N)c3ccccc32)n(C)n1. The Labute approximate surface area is 111 Å². The van der Waals surface area contributed by atoms with E-state index in [0.29, 0.717) is 12.4 Å². The number of aryl methyl sites for hydroxylation is 2. The first-order valence-corrected chi connectivity index (χ1v) is 6.42. The summed E-state index contributed by atoms with van der Waals surface area (Å²) in [5, 5.41) is 9.87. The van der Waals surface area contributed by atoms with E-state index in [1.807, 2.05) is 40.7 Å². The fourth-order valence-corrected chi connectivity index (χ4v) is 2.32. The molecule has 0 aliphatic rings. The van der Waals surface area contributed by atoms with E-state index in [4.69, 9.17) is 5.73 Å². The minimum Gasteiger partial charge on any atom is -0.382 e. The predicted octanol–water partition coefficient (Wildman–Crippen LogP) is 1.96. The highest BCUT2D eigenvalue weighted by molar-refractivity contribution is 5.89. The molecule has 0 aliphatic heterocycles. The smallest absolute Gasteiger partial charge is 0.153 e. The molecular weight excluding hydrogens is 238 g/mol. The minimum absolute atomic E-state index is 0.577. The van der Waals surface area contributed by atoms with Crippen molar-refractivity contribution in [3.05, 3.63) is 41.7 Å². The molecule has 0 atom stereocenters. The Morgan fingerprint density at radius 2 is 2.00 bits per heavy atom. The molecule has 0 saturated heterocycles. The summed E-state index contributed by atoms with van der Waals surface area (Å²) in [6, 6.07) is 10.1. The van der Waals surface area contributed by atoms with Crippen LogP contribution < -0.4 is 5.73 Å². The van der Waals surface area contributed by atoms with E-state index < -0.39 is 0 Å². The van der Waals surface area contributed by atoms with Crippen molar-refractivity contribution in [1.82, 2.24) is 19.6 Å². The van der Waals surface area contributed by atoms with Crippen LogP contribution in [-0.2, 0) is 20.0 Å². The highest BCUT2D eigenvalue weighted by Crippen LogP contribution is 2.20. The van der Waals surface area contributed by atoms with Gasteiger partial charge in [-0.25, -0.2) is 0 Å². The Bertz CT molecular complexity index is 723. The van der Waals surface area contributed by atoms with E-state index in [2.05, 4.69) is 23.2 Å². The van der Waals surface area contributed by atoms with Gasteiger partial charge in [-0.1, -0.05) is 19.1 Å². The van der Waals surface area contributed by atoms with Gasteiger partial charge < -0.3 is 5.73 Å². The van der Waals surface area contributed by atoms with Crippen molar-refractivity contribution in [2.24, 2.45) is 7.05 Å². The second-order valence-electron chi connectivity index (χ2n) is 4.66. The van der Waals surface area contributed by atoms with Gasteiger partial charge in [-0.15, -0.1) is 0 Å². The van der Waals surface area contributed by atoms with Gasteiger partial charge in [0.25, 0.3) is 0 Å².